The number of hydrogen-bond acceptors (Lipinski definition) is 6. The fourth-order valence-electron chi connectivity index (χ4n) is 1.38. The lowest BCUT2D eigenvalue weighted by Crippen LogP contribution is -2.30. The van der Waals surface area contributed by atoms with Gasteiger partial charge in [0.15, 0.2) is 0 Å². The van der Waals surface area contributed by atoms with Crippen molar-refractivity contribution in [3.63, 3.8) is 0 Å². The molecule has 0 spiro atoms. The highest BCUT2D eigenvalue weighted by atomic mass is 35.5. The van der Waals surface area contributed by atoms with Crippen molar-refractivity contribution >= 4 is 28.1 Å². The summed E-state index contributed by atoms with van der Waals surface area (Å²) in [4.78, 5) is 9.77. The predicted molar refractivity (Wildman–Crippen MR) is 76.0 cm³/mol. The minimum Gasteiger partial charge on any atom is -0.495 e. The van der Waals surface area contributed by atoms with E-state index in [4.69, 9.17) is 4.74 Å². The third-order valence-electron chi connectivity index (χ3n) is 2.31. The summed E-state index contributed by atoms with van der Waals surface area (Å²) in [5, 5.41) is 13.5. The Morgan fingerprint density at radius 1 is 1.35 bits per heavy atom. The molecule has 114 valence electrons. The van der Waals surface area contributed by atoms with Crippen LogP contribution in [-0.4, -0.2) is 40.6 Å². The molecule has 0 saturated heterocycles. The third kappa shape index (κ3) is 4.60. The zero-order valence-corrected chi connectivity index (χ0v) is 12.6. The lowest BCUT2D eigenvalue weighted by molar-refractivity contribution is -0.385. The molecule has 0 aliphatic rings. The minimum atomic E-state index is -3.85. The number of benzene rings is 1. The molecule has 10 heteroatoms. The molecule has 2 N–H and O–H groups in total. The predicted octanol–water partition coefficient (Wildman–Crippen LogP) is 0.523. The molecule has 20 heavy (non-hydrogen) atoms. The van der Waals surface area contributed by atoms with Crippen LogP contribution in [0.15, 0.2) is 23.1 Å². The quantitative estimate of drug-likeness (QED) is 0.429. The number of rotatable bonds is 7. The van der Waals surface area contributed by atoms with Gasteiger partial charge in [-0.3, -0.25) is 10.1 Å². The number of nitro benzene ring substituents is 1. The van der Waals surface area contributed by atoms with Crippen molar-refractivity contribution in [3.8, 4) is 5.75 Å². The van der Waals surface area contributed by atoms with Gasteiger partial charge in [-0.2, -0.15) is 0 Å². The molecule has 0 aliphatic carbocycles. The maximum atomic E-state index is 12.0. The van der Waals surface area contributed by atoms with Gasteiger partial charge in [0, 0.05) is 25.2 Å². The Bertz CT molecular complexity index is 564. The summed E-state index contributed by atoms with van der Waals surface area (Å²) in [7, 11) is -0.869. The summed E-state index contributed by atoms with van der Waals surface area (Å²) in [6.07, 6.45) is 0. The van der Waals surface area contributed by atoms with Crippen LogP contribution in [0.2, 0.25) is 0 Å². The average molecular weight is 326 g/mol. The van der Waals surface area contributed by atoms with Crippen LogP contribution in [0.5, 0.6) is 5.75 Å². The second-order valence-corrected chi connectivity index (χ2v) is 5.33. The van der Waals surface area contributed by atoms with Crippen LogP contribution < -0.4 is 14.8 Å². The number of nitrogens with zero attached hydrogens (tertiary/aromatic N) is 1. The van der Waals surface area contributed by atoms with Crippen LogP contribution in [0, 0.1) is 10.1 Å². The second-order valence-electron chi connectivity index (χ2n) is 3.59. The van der Waals surface area contributed by atoms with Crippen molar-refractivity contribution in [1.29, 1.82) is 0 Å². The molecule has 1 rings (SSSR count). The molecule has 1 aromatic rings. The highest BCUT2D eigenvalue weighted by Gasteiger charge is 2.22. The van der Waals surface area contributed by atoms with Gasteiger partial charge in [-0.15, -0.1) is 12.4 Å². The zero-order valence-electron chi connectivity index (χ0n) is 11.0. The van der Waals surface area contributed by atoms with E-state index in [2.05, 4.69) is 10.0 Å². The van der Waals surface area contributed by atoms with Crippen LogP contribution >= 0.6 is 12.4 Å². The first-order chi connectivity index (χ1) is 8.92. The first-order valence-corrected chi connectivity index (χ1v) is 6.87. The molecule has 0 fully saturated rings. The largest absolute Gasteiger partial charge is 0.495 e. The van der Waals surface area contributed by atoms with E-state index >= 15 is 0 Å². The fraction of sp³-hybridized carbons (Fsp3) is 0.400. The van der Waals surface area contributed by atoms with Gasteiger partial charge in [0.2, 0.25) is 10.0 Å². The van der Waals surface area contributed by atoms with Gasteiger partial charge < -0.3 is 10.1 Å². The number of sulfonamides is 1. The second kappa shape index (κ2) is 8.00. The van der Waals surface area contributed by atoms with Crippen LogP contribution in [-0.2, 0) is 10.0 Å². The first kappa shape index (κ1) is 18.6. The van der Waals surface area contributed by atoms with E-state index in [-0.39, 0.29) is 35.3 Å². The number of nitro groups is 1. The van der Waals surface area contributed by atoms with Crippen LogP contribution in [0.25, 0.3) is 0 Å². The van der Waals surface area contributed by atoms with E-state index in [9.17, 15) is 18.5 Å². The van der Waals surface area contributed by atoms with Crippen molar-refractivity contribution in [2.45, 2.75) is 4.90 Å². The number of likely N-dealkylation sites (N-methyl/N-ethyl adjacent to an activating group) is 1. The standard InChI is InChI=1S/C10H15N3O5S.ClH/c1-11-5-6-12-19(16,17)10-7-8(13(14)15)3-4-9(10)18-2;/h3-4,7,11-12H,5-6H2,1-2H3;1H. The van der Waals surface area contributed by atoms with Crippen LogP contribution in [0.1, 0.15) is 0 Å². The summed E-state index contributed by atoms with van der Waals surface area (Å²) in [5.74, 6) is 0.0579. The Kier molecular flexibility index (Phi) is 7.43. The normalized spacial score (nSPS) is 10.7. The van der Waals surface area contributed by atoms with Crippen molar-refractivity contribution in [2.75, 3.05) is 27.2 Å². The van der Waals surface area contributed by atoms with E-state index in [0.717, 1.165) is 6.07 Å². The van der Waals surface area contributed by atoms with Crippen LogP contribution in [0.4, 0.5) is 5.69 Å². The summed E-state index contributed by atoms with van der Waals surface area (Å²) in [5.41, 5.74) is -0.310. The van der Waals surface area contributed by atoms with E-state index in [1.165, 1.54) is 19.2 Å². The molecule has 0 radical (unpaired) electrons. The molecule has 0 saturated carbocycles. The summed E-state index contributed by atoms with van der Waals surface area (Å²) >= 11 is 0. The van der Waals surface area contributed by atoms with Gasteiger partial charge in [0.05, 0.1) is 12.0 Å². The van der Waals surface area contributed by atoms with E-state index in [1.54, 1.807) is 7.05 Å². The van der Waals surface area contributed by atoms with Crippen molar-refractivity contribution in [1.82, 2.24) is 10.0 Å². The summed E-state index contributed by atoms with van der Waals surface area (Å²) in [6.45, 7) is 0.612. The molecule has 0 heterocycles. The van der Waals surface area contributed by atoms with Crippen molar-refractivity contribution in [2.24, 2.45) is 0 Å². The van der Waals surface area contributed by atoms with Crippen molar-refractivity contribution < 1.29 is 18.1 Å². The van der Waals surface area contributed by atoms with Crippen LogP contribution in [0.3, 0.4) is 0 Å². The van der Waals surface area contributed by atoms with Gasteiger partial charge in [-0.1, -0.05) is 0 Å². The molecule has 1 aromatic carbocycles. The summed E-state index contributed by atoms with van der Waals surface area (Å²) < 4.78 is 31.3. The molecule has 0 aromatic heterocycles. The first-order valence-electron chi connectivity index (χ1n) is 5.39. The smallest absolute Gasteiger partial charge is 0.271 e. The van der Waals surface area contributed by atoms with Gasteiger partial charge in [-0.05, 0) is 13.1 Å². The molecular formula is C10H16ClN3O5S. The number of nitrogens with one attached hydrogen (secondary N) is 2. The number of non-ortho nitro benzene ring substituents is 1. The van der Waals surface area contributed by atoms with E-state index in [1.807, 2.05) is 0 Å². The molecule has 0 atom stereocenters. The topological polar surface area (TPSA) is 111 Å². The average Bonchev–Trinajstić information content (AvgIpc) is 2.38. The SMILES string of the molecule is CNCCNS(=O)(=O)c1cc([N+](=O)[O-])ccc1OC.Cl. The van der Waals surface area contributed by atoms with Gasteiger partial charge in [0.1, 0.15) is 10.6 Å². The Labute approximate surface area is 123 Å². The highest BCUT2D eigenvalue weighted by molar-refractivity contribution is 7.89. The minimum absolute atomic E-state index is 0. The Hall–Kier alpha value is -1.42. The monoisotopic (exact) mass is 325 g/mol. The third-order valence-corrected chi connectivity index (χ3v) is 3.80. The number of halogens is 1. The van der Waals surface area contributed by atoms with Gasteiger partial charge in [-0.25, -0.2) is 13.1 Å². The number of ether oxygens (including phenoxy) is 1. The summed E-state index contributed by atoms with van der Waals surface area (Å²) in [6, 6.07) is 3.41. The van der Waals surface area contributed by atoms with Gasteiger partial charge in [0.25, 0.3) is 5.69 Å². The number of methoxy groups -OCH3 is 1. The molecule has 0 amide bonds. The molecule has 0 unspecified atom stereocenters. The lowest BCUT2D eigenvalue weighted by Gasteiger charge is -2.10. The molecule has 0 aliphatic heterocycles. The molecule has 8 nitrogen and oxygen atoms in total. The Balaban J connectivity index is 0.00000361. The Morgan fingerprint density at radius 3 is 2.50 bits per heavy atom. The molecule has 0 bridgehead atoms. The lowest BCUT2D eigenvalue weighted by atomic mass is 10.3. The van der Waals surface area contributed by atoms with E-state index < -0.39 is 14.9 Å². The van der Waals surface area contributed by atoms with E-state index in [0.29, 0.717) is 6.54 Å². The maximum Gasteiger partial charge on any atom is 0.271 e. The zero-order chi connectivity index (χ0) is 14.5. The van der Waals surface area contributed by atoms with Crippen molar-refractivity contribution in [3.05, 3.63) is 28.3 Å². The fourth-order valence-corrected chi connectivity index (χ4v) is 2.60. The van der Waals surface area contributed by atoms with Gasteiger partial charge >= 0.3 is 0 Å². The Morgan fingerprint density at radius 2 is 2.00 bits per heavy atom. The maximum absolute atomic E-state index is 12.0. The number of hydrogen-bond donors (Lipinski definition) is 2. The molecular weight excluding hydrogens is 310 g/mol. The highest BCUT2D eigenvalue weighted by Crippen LogP contribution is 2.27.